The first kappa shape index (κ1) is 23.7. The van der Waals surface area contributed by atoms with E-state index in [1.54, 1.807) is 42.7 Å². The quantitative estimate of drug-likeness (QED) is 0.532. The molecule has 0 atom stereocenters. The lowest BCUT2D eigenvalue weighted by Crippen LogP contribution is -2.41. The second-order valence-corrected chi connectivity index (χ2v) is 9.81. The average Bonchev–Trinajstić information content (AvgIpc) is 2.84. The van der Waals surface area contributed by atoms with Gasteiger partial charge in [-0.1, -0.05) is 12.1 Å². The number of nitrogens with zero attached hydrogens (tertiary/aromatic N) is 2. The fraction of sp³-hybridized carbons (Fsp3) is 0.250. The maximum Gasteiger partial charge on any atom is 0.319 e. The zero-order chi connectivity index (χ0) is 24.0. The Kier molecular flexibility index (Phi) is 7.39. The van der Waals surface area contributed by atoms with Gasteiger partial charge in [-0.2, -0.15) is 4.31 Å². The molecule has 2 aromatic carbocycles. The Morgan fingerprint density at radius 1 is 1.09 bits per heavy atom. The number of urea groups is 1. The summed E-state index contributed by atoms with van der Waals surface area (Å²) in [5.41, 5.74) is 1.34. The highest BCUT2D eigenvalue weighted by atomic mass is 32.2. The maximum absolute atomic E-state index is 13.3. The van der Waals surface area contributed by atoms with Crippen molar-refractivity contribution < 1.29 is 22.3 Å². The van der Waals surface area contributed by atoms with E-state index in [9.17, 15) is 17.6 Å². The van der Waals surface area contributed by atoms with Crippen molar-refractivity contribution in [3.8, 4) is 5.75 Å². The number of anilines is 1. The number of ether oxygens (including phenoxy) is 1. The third-order valence-corrected chi connectivity index (χ3v) is 7.34. The molecule has 0 saturated carbocycles. The molecule has 34 heavy (non-hydrogen) atoms. The van der Waals surface area contributed by atoms with E-state index in [0.717, 1.165) is 5.56 Å². The van der Waals surface area contributed by atoms with E-state index in [-0.39, 0.29) is 16.8 Å². The van der Waals surface area contributed by atoms with Gasteiger partial charge in [0.25, 0.3) is 0 Å². The summed E-state index contributed by atoms with van der Waals surface area (Å²) in [5, 5.41) is 5.40. The molecule has 0 spiro atoms. The number of rotatable bonds is 7. The van der Waals surface area contributed by atoms with Gasteiger partial charge in [0.1, 0.15) is 17.7 Å². The van der Waals surface area contributed by atoms with Gasteiger partial charge in [0.05, 0.1) is 4.90 Å². The van der Waals surface area contributed by atoms with Gasteiger partial charge in [-0.3, -0.25) is 4.98 Å². The number of hydrogen-bond donors (Lipinski definition) is 2. The van der Waals surface area contributed by atoms with Crippen LogP contribution in [0.25, 0.3) is 0 Å². The van der Waals surface area contributed by atoms with E-state index >= 15 is 0 Å². The van der Waals surface area contributed by atoms with Crippen molar-refractivity contribution in [2.45, 2.75) is 30.4 Å². The molecule has 2 heterocycles. The molecule has 1 aromatic heterocycles. The number of carbonyl (C=O) groups excluding carboxylic acids is 1. The molecule has 1 aliphatic heterocycles. The van der Waals surface area contributed by atoms with E-state index in [0.29, 0.717) is 43.9 Å². The number of amides is 2. The minimum Gasteiger partial charge on any atom is -0.490 e. The summed E-state index contributed by atoms with van der Waals surface area (Å²) in [4.78, 5) is 16.2. The predicted molar refractivity (Wildman–Crippen MR) is 125 cm³/mol. The summed E-state index contributed by atoms with van der Waals surface area (Å²) < 4.78 is 46.6. The molecular formula is C24H25FN4O4S. The Balaban J connectivity index is 1.29. The standard InChI is InChI=1S/C24H25FN4O4S/c25-19-4-1-5-22(15-19)33-21-10-13-29(14-11-21)34(31,32)23-8-6-20(7-9-23)28-24(30)27-17-18-3-2-12-26-16-18/h1-9,12,15-16,21H,10-11,13-14,17H2,(H2,27,28,30). The van der Waals surface area contributed by atoms with Crippen LogP contribution in [0, 0.1) is 5.82 Å². The number of piperidine rings is 1. The van der Waals surface area contributed by atoms with Crippen molar-refractivity contribution in [1.29, 1.82) is 0 Å². The van der Waals surface area contributed by atoms with Gasteiger partial charge >= 0.3 is 6.03 Å². The van der Waals surface area contributed by atoms with Crippen LogP contribution in [0.4, 0.5) is 14.9 Å². The molecule has 1 saturated heterocycles. The highest BCUT2D eigenvalue weighted by Gasteiger charge is 2.30. The van der Waals surface area contributed by atoms with Crippen molar-refractivity contribution in [2.24, 2.45) is 0 Å². The summed E-state index contributed by atoms with van der Waals surface area (Å²) >= 11 is 0. The molecule has 0 unspecified atom stereocenters. The Labute approximate surface area is 197 Å². The minimum atomic E-state index is -3.67. The van der Waals surface area contributed by atoms with Gasteiger partial charge < -0.3 is 15.4 Å². The van der Waals surface area contributed by atoms with E-state index < -0.39 is 16.1 Å². The second-order valence-electron chi connectivity index (χ2n) is 7.87. The number of aromatic nitrogens is 1. The number of hydrogen-bond acceptors (Lipinski definition) is 5. The number of pyridine rings is 1. The first-order chi connectivity index (χ1) is 16.4. The van der Waals surface area contributed by atoms with Crippen molar-refractivity contribution in [2.75, 3.05) is 18.4 Å². The van der Waals surface area contributed by atoms with Crippen LogP contribution in [0.15, 0.2) is 78.0 Å². The molecular weight excluding hydrogens is 459 g/mol. The number of sulfonamides is 1. The normalized spacial score (nSPS) is 15.0. The molecule has 3 aromatic rings. The highest BCUT2D eigenvalue weighted by molar-refractivity contribution is 7.89. The van der Waals surface area contributed by atoms with Gasteiger partial charge in [0, 0.05) is 43.8 Å². The minimum absolute atomic E-state index is 0.151. The Morgan fingerprint density at radius 2 is 1.85 bits per heavy atom. The third-order valence-electron chi connectivity index (χ3n) is 5.43. The van der Waals surface area contributed by atoms with E-state index in [2.05, 4.69) is 15.6 Å². The highest BCUT2D eigenvalue weighted by Crippen LogP contribution is 2.25. The van der Waals surface area contributed by atoms with Crippen LogP contribution in [0.5, 0.6) is 5.75 Å². The molecule has 8 nitrogen and oxygen atoms in total. The van der Waals surface area contributed by atoms with Crippen molar-refractivity contribution >= 4 is 21.7 Å². The molecule has 178 valence electrons. The van der Waals surface area contributed by atoms with Crippen LogP contribution in [0.2, 0.25) is 0 Å². The number of carbonyl (C=O) groups is 1. The predicted octanol–water partition coefficient (Wildman–Crippen LogP) is 3.77. The van der Waals surface area contributed by atoms with E-state index in [1.165, 1.54) is 28.6 Å². The zero-order valence-corrected chi connectivity index (χ0v) is 19.2. The summed E-state index contributed by atoms with van der Waals surface area (Å²) in [6.45, 7) is 0.934. The lowest BCUT2D eigenvalue weighted by Gasteiger charge is -2.31. The van der Waals surface area contributed by atoms with Crippen molar-refractivity contribution in [3.63, 3.8) is 0 Å². The summed E-state index contributed by atoms with van der Waals surface area (Å²) in [7, 11) is -3.67. The van der Waals surface area contributed by atoms with Crippen LogP contribution in [-0.2, 0) is 16.6 Å². The third kappa shape index (κ3) is 6.09. The first-order valence-electron chi connectivity index (χ1n) is 10.9. The topological polar surface area (TPSA) is 101 Å². The van der Waals surface area contributed by atoms with Gasteiger partial charge in [-0.05, 0) is 60.9 Å². The maximum atomic E-state index is 13.3. The van der Waals surface area contributed by atoms with Crippen LogP contribution in [-0.4, -0.2) is 42.9 Å². The Morgan fingerprint density at radius 3 is 2.53 bits per heavy atom. The summed E-state index contributed by atoms with van der Waals surface area (Å²) in [6.07, 6.45) is 4.15. The fourth-order valence-electron chi connectivity index (χ4n) is 3.64. The van der Waals surface area contributed by atoms with Gasteiger partial charge in [0.15, 0.2) is 0 Å². The number of halogens is 1. The van der Waals surface area contributed by atoms with Crippen molar-refractivity contribution in [3.05, 3.63) is 84.4 Å². The molecule has 4 rings (SSSR count). The molecule has 0 aliphatic carbocycles. The van der Waals surface area contributed by atoms with Gasteiger partial charge in [-0.25, -0.2) is 17.6 Å². The van der Waals surface area contributed by atoms with Gasteiger partial charge in [-0.15, -0.1) is 0 Å². The molecule has 1 fully saturated rings. The Bertz CT molecular complexity index is 1220. The smallest absolute Gasteiger partial charge is 0.319 e. The average molecular weight is 485 g/mol. The Hall–Kier alpha value is -3.50. The largest absolute Gasteiger partial charge is 0.490 e. The SMILES string of the molecule is O=C(NCc1cccnc1)Nc1ccc(S(=O)(=O)N2CCC(Oc3cccc(F)c3)CC2)cc1. The van der Waals surface area contributed by atoms with Crippen LogP contribution in [0.3, 0.4) is 0 Å². The number of benzene rings is 2. The molecule has 2 N–H and O–H groups in total. The molecule has 2 amide bonds. The van der Waals surface area contributed by atoms with Crippen LogP contribution < -0.4 is 15.4 Å². The summed E-state index contributed by atoms with van der Waals surface area (Å²) in [5.74, 6) is 0.0651. The summed E-state index contributed by atoms with van der Waals surface area (Å²) in [6, 6.07) is 15.2. The van der Waals surface area contributed by atoms with Crippen LogP contribution in [0.1, 0.15) is 18.4 Å². The monoisotopic (exact) mass is 484 g/mol. The second kappa shape index (κ2) is 10.6. The van der Waals surface area contributed by atoms with E-state index in [4.69, 9.17) is 4.74 Å². The number of nitrogens with one attached hydrogen (secondary N) is 2. The van der Waals surface area contributed by atoms with Crippen molar-refractivity contribution in [1.82, 2.24) is 14.6 Å². The molecule has 0 bridgehead atoms. The molecule has 0 radical (unpaired) electrons. The molecule has 10 heteroatoms. The van der Waals surface area contributed by atoms with E-state index in [1.807, 2.05) is 6.07 Å². The lowest BCUT2D eigenvalue weighted by atomic mass is 10.1. The molecule has 1 aliphatic rings. The lowest BCUT2D eigenvalue weighted by molar-refractivity contribution is 0.134. The zero-order valence-electron chi connectivity index (χ0n) is 18.4. The van der Waals surface area contributed by atoms with Gasteiger partial charge in [0.2, 0.25) is 10.0 Å². The fourth-order valence-corrected chi connectivity index (χ4v) is 5.11. The first-order valence-corrected chi connectivity index (χ1v) is 12.3. The van der Waals surface area contributed by atoms with Crippen LogP contribution >= 0.6 is 0 Å².